The van der Waals surface area contributed by atoms with Crippen molar-refractivity contribution in [1.82, 2.24) is 4.98 Å². The van der Waals surface area contributed by atoms with Crippen LogP contribution in [0.3, 0.4) is 0 Å². The van der Waals surface area contributed by atoms with Gasteiger partial charge in [-0.15, -0.1) is 0 Å². The molecule has 0 aliphatic heterocycles. The van der Waals surface area contributed by atoms with Gasteiger partial charge in [0.15, 0.2) is 0 Å². The fourth-order valence-corrected chi connectivity index (χ4v) is 4.99. The van der Waals surface area contributed by atoms with Crippen molar-refractivity contribution in [2.45, 2.75) is 24.2 Å². The largest absolute Gasteiger partial charge is 0.481 e. The molecule has 0 radical (unpaired) electrons. The number of carbonyl (C=O) groups is 2. The maximum atomic E-state index is 13.4. The van der Waals surface area contributed by atoms with Crippen molar-refractivity contribution in [2.24, 2.45) is 5.73 Å². The van der Waals surface area contributed by atoms with Gasteiger partial charge < -0.3 is 10.8 Å². The van der Waals surface area contributed by atoms with E-state index in [4.69, 9.17) is 22.4 Å². The molecule has 10 heteroatoms. The van der Waals surface area contributed by atoms with Crippen LogP contribution in [0.4, 0.5) is 5.69 Å². The van der Waals surface area contributed by atoms with Crippen molar-refractivity contribution in [3.05, 3.63) is 95.3 Å². The number of pyridine rings is 1. The Morgan fingerprint density at radius 2 is 1.77 bits per heavy atom. The number of hydrogen-bond acceptors (Lipinski definition) is 6. The lowest BCUT2D eigenvalue weighted by atomic mass is 9.97. The second-order valence-electron chi connectivity index (χ2n) is 7.52. The number of aliphatic carboxylic acids is 1. The van der Waals surface area contributed by atoms with Crippen LogP contribution < -0.4 is 10.0 Å². The molecule has 0 fully saturated rings. The van der Waals surface area contributed by atoms with Crippen LogP contribution in [0.25, 0.3) is 5.57 Å². The Kier molecular flexibility index (Phi) is 8.75. The lowest BCUT2D eigenvalue weighted by Gasteiger charge is -2.23. The summed E-state index contributed by atoms with van der Waals surface area (Å²) in [6.07, 6.45) is 6.10. The molecule has 3 rings (SSSR count). The molecular formula is C25H24ClN3O5S. The zero-order valence-corrected chi connectivity index (χ0v) is 20.2. The van der Waals surface area contributed by atoms with Crippen LogP contribution in [0.2, 0.25) is 5.02 Å². The van der Waals surface area contributed by atoms with E-state index in [9.17, 15) is 18.0 Å². The van der Waals surface area contributed by atoms with E-state index in [-0.39, 0.29) is 17.0 Å². The third-order valence-corrected chi connectivity index (χ3v) is 7.08. The maximum absolute atomic E-state index is 13.4. The summed E-state index contributed by atoms with van der Waals surface area (Å²) in [6.45, 7) is -0.516. The van der Waals surface area contributed by atoms with Crippen LogP contribution in [-0.2, 0) is 19.6 Å². The summed E-state index contributed by atoms with van der Waals surface area (Å²) in [5, 5.41) is 9.29. The Morgan fingerprint density at radius 3 is 2.40 bits per heavy atom. The molecule has 3 N–H and O–H groups in total. The molecule has 8 nitrogen and oxygen atoms in total. The van der Waals surface area contributed by atoms with Crippen LogP contribution in [0.5, 0.6) is 0 Å². The molecule has 0 saturated heterocycles. The number of benzene rings is 2. The summed E-state index contributed by atoms with van der Waals surface area (Å²) >= 11 is 5.89. The Hall–Kier alpha value is -3.53. The molecule has 2 aromatic carbocycles. The van der Waals surface area contributed by atoms with Gasteiger partial charge in [-0.1, -0.05) is 35.9 Å². The van der Waals surface area contributed by atoms with E-state index >= 15 is 0 Å². The van der Waals surface area contributed by atoms with Gasteiger partial charge in [0.25, 0.3) is 15.9 Å². The first kappa shape index (κ1) is 26.1. The van der Waals surface area contributed by atoms with Crippen LogP contribution in [0.15, 0.2) is 84.0 Å². The molecule has 0 unspecified atom stereocenters. The van der Waals surface area contributed by atoms with Gasteiger partial charge in [0.2, 0.25) is 0 Å². The Bertz CT molecular complexity index is 1330. The summed E-state index contributed by atoms with van der Waals surface area (Å²) in [5.41, 5.74) is 7.80. The highest BCUT2D eigenvalue weighted by Crippen LogP contribution is 2.30. The zero-order chi connectivity index (χ0) is 25.4. The second-order valence-corrected chi connectivity index (χ2v) is 9.74. The van der Waals surface area contributed by atoms with E-state index in [1.807, 2.05) is 12.1 Å². The predicted molar refractivity (Wildman–Crippen MR) is 134 cm³/mol. The number of anilines is 1. The number of sulfonamides is 1. The van der Waals surface area contributed by atoms with E-state index in [2.05, 4.69) is 4.98 Å². The van der Waals surface area contributed by atoms with Crippen molar-refractivity contribution in [2.75, 3.05) is 10.8 Å². The number of carboxylic acid groups (broad SMARTS) is 1. The monoisotopic (exact) mass is 513 g/mol. The number of hydrogen-bond donors (Lipinski definition) is 2. The average Bonchev–Trinajstić information content (AvgIpc) is 2.84. The third kappa shape index (κ3) is 6.54. The SMILES string of the molecule is NCC(=O)N(c1cccc(/C(=C/CCCC(=O)O)c2cccnc2)c1)S(=O)(=O)c1ccc(Cl)cc1. The lowest BCUT2D eigenvalue weighted by molar-refractivity contribution is -0.137. The van der Waals surface area contributed by atoms with E-state index in [0.29, 0.717) is 27.7 Å². The number of unbranched alkanes of at least 4 members (excludes halogenated alkanes) is 1. The highest BCUT2D eigenvalue weighted by molar-refractivity contribution is 7.93. The van der Waals surface area contributed by atoms with Gasteiger partial charge in [0.1, 0.15) is 0 Å². The second kappa shape index (κ2) is 11.7. The van der Waals surface area contributed by atoms with Gasteiger partial charge in [0, 0.05) is 29.4 Å². The molecule has 1 aromatic heterocycles. The van der Waals surface area contributed by atoms with Gasteiger partial charge in [-0.05, 0) is 66.4 Å². The number of nitrogens with zero attached hydrogens (tertiary/aromatic N) is 2. The maximum Gasteiger partial charge on any atom is 0.303 e. The van der Waals surface area contributed by atoms with Crippen molar-refractivity contribution in [1.29, 1.82) is 0 Å². The summed E-state index contributed by atoms with van der Waals surface area (Å²) in [7, 11) is -4.27. The molecule has 182 valence electrons. The number of allylic oxidation sites excluding steroid dienone is 1. The number of halogens is 1. The van der Waals surface area contributed by atoms with Gasteiger partial charge >= 0.3 is 5.97 Å². The number of aromatic nitrogens is 1. The van der Waals surface area contributed by atoms with Crippen molar-refractivity contribution in [3.8, 4) is 0 Å². The average molecular weight is 514 g/mol. The minimum absolute atomic E-state index is 0.0228. The van der Waals surface area contributed by atoms with E-state index in [0.717, 1.165) is 11.1 Å². The minimum atomic E-state index is -4.27. The Morgan fingerprint density at radius 1 is 1.06 bits per heavy atom. The minimum Gasteiger partial charge on any atom is -0.481 e. The molecule has 0 spiro atoms. The van der Waals surface area contributed by atoms with E-state index in [1.54, 1.807) is 36.7 Å². The van der Waals surface area contributed by atoms with Crippen molar-refractivity contribution in [3.63, 3.8) is 0 Å². The van der Waals surface area contributed by atoms with Crippen molar-refractivity contribution < 1.29 is 23.1 Å². The molecule has 0 aliphatic carbocycles. The Balaban J connectivity index is 2.08. The lowest BCUT2D eigenvalue weighted by Crippen LogP contribution is -2.40. The molecular weight excluding hydrogens is 490 g/mol. The normalized spacial score (nSPS) is 11.8. The van der Waals surface area contributed by atoms with Crippen LogP contribution in [0.1, 0.15) is 30.4 Å². The number of carbonyl (C=O) groups excluding carboxylic acids is 1. The standard InChI is InChI=1S/C25H24ClN3O5S/c26-20-10-12-22(13-11-20)35(33,34)29(24(30)16-27)21-7-3-5-18(15-21)23(8-1-2-9-25(31)32)19-6-4-14-28-17-19/h3-8,10-15,17H,1-2,9,16,27H2,(H,31,32)/b23-8-. The molecule has 35 heavy (non-hydrogen) atoms. The number of amides is 1. The molecule has 0 atom stereocenters. The first-order chi connectivity index (χ1) is 16.7. The van der Waals surface area contributed by atoms with Crippen LogP contribution in [-0.4, -0.2) is 36.9 Å². The molecule has 0 saturated carbocycles. The molecule has 1 amide bonds. The molecule has 1 heterocycles. The predicted octanol–water partition coefficient (Wildman–Crippen LogP) is 4.10. The Labute approximate surface area is 208 Å². The van der Waals surface area contributed by atoms with Gasteiger partial charge in [-0.3, -0.25) is 14.6 Å². The molecule has 3 aromatic rings. The first-order valence-corrected chi connectivity index (χ1v) is 12.5. The highest BCUT2D eigenvalue weighted by atomic mass is 35.5. The third-order valence-electron chi connectivity index (χ3n) is 5.06. The number of nitrogens with two attached hydrogens (primary N) is 1. The fraction of sp³-hybridized carbons (Fsp3) is 0.160. The van der Waals surface area contributed by atoms with Crippen molar-refractivity contribution >= 4 is 44.8 Å². The van der Waals surface area contributed by atoms with Gasteiger partial charge in [-0.2, -0.15) is 0 Å². The quantitative estimate of drug-likeness (QED) is 0.390. The zero-order valence-electron chi connectivity index (χ0n) is 18.7. The van der Waals surface area contributed by atoms with Gasteiger partial charge in [0.05, 0.1) is 17.1 Å². The number of rotatable bonds is 10. The topological polar surface area (TPSA) is 131 Å². The molecule has 0 bridgehead atoms. The van der Waals surface area contributed by atoms with E-state index < -0.39 is 28.4 Å². The summed E-state index contributed by atoms with van der Waals surface area (Å²) in [6, 6.07) is 15.6. The summed E-state index contributed by atoms with van der Waals surface area (Å²) in [5.74, 6) is -1.68. The summed E-state index contributed by atoms with van der Waals surface area (Å²) < 4.78 is 27.5. The first-order valence-electron chi connectivity index (χ1n) is 10.7. The molecule has 0 aliphatic rings. The van der Waals surface area contributed by atoms with E-state index in [1.165, 1.54) is 30.3 Å². The summed E-state index contributed by atoms with van der Waals surface area (Å²) in [4.78, 5) is 27.7. The van der Waals surface area contributed by atoms with Gasteiger partial charge in [-0.25, -0.2) is 12.7 Å². The smallest absolute Gasteiger partial charge is 0.303 e. The highest BCUT2D eigenvalue weighted by Gasteiger charge is 2.30. The van der Waals surface area contributed by atoms with Crippen LogP contribution in [0, 0.1) is 0 Å². The fourth-order valence-electron chi connectivity index (χ4n) is 3.44. The van der Waals surface area contributed by atoms with Crippen LogP contribution >= 0.6 is 11.6 Å². The number of carboxylic acids is 1.